The van der Waals surface area contributed by atoms with Crippen molar-refractivity contribution in [1.29, 1.82) is 0 Å². The number of aromatic amines is 1. The van der Waals surface area contributed by atoms with Crippen LogP contribution in [0.4, 0.5) is 13.2 Å². The monoisotopic (exact) mass is 237 g/mol. The minimum Gasteiger partial charge on any atom is -0.378 e. The van der Waals surface area contributed by atoms with E-state index in [1.807, 2.05) is 0 Å². The summed E-state index contributed by atoms with van der Waals surface area (Å²) >= 11 is 0. The van der Waals surface area contributed by atoms with Crippen LogP contribution in [-0.4, -0.2) is 35.5 Å². The van der Waals surface area contributed by atoms with Gasteiger partial charge in [-0.25, -0.2) is 4.98 Å². The Balaban J connectivity index is 2.30. The first kappa shape index (κ1) is 11.3. The molecule has 0 radical (unpaired) electrons. The van der Waals surface area contributed by atoms with Crippen molar-refractivity contribution in [3.8, 4) is 0 Å². The Labute approximate surface area is 89.0 Å². The molecular formula is C8H10F3N3O2. The van der Waals surface area contributed by atoms with Gasteiger partial charge in [0.1, 0.15) is 0 Å². The van der Waals surface area contributed by atoms with Crippen molar-refractivity contribution in [1.82, 2.24) is 15.2 Å². The van der Waals surface area contributed by atoms with Gasteiger partial charge in [0, 0.05) is 13.5 Å². The zero-order valence-corrected chi connectivity index (χ0v) is 8.47. The van der Waals surface area contributed by atoms with Gasteiger partial charge in [-0.2, -0.15) is 13.2 Å². The average molecular weight is 237 g/mol. The van der Waals surface area contributed by atoms with Crippen molar-refractivity contribution < 1.29 is 22.6 Å². The van der Waals surface area contributed by atoms with Gasteiger partial charge in [0.15, 0.2) is 11.4 Å². The van der Waals surface area contributed by atoms with Crippen LogP contribution in [0.5, 0.6) is 0 Å². The number of hydrogen-bond acceptors (Lipinski definition) is 4. The number of H-pyrrole nitrogens is 1. The van der Waals surface area contributed by atoms with E-state index in [-0.39, 0.29) is 12.4 Å². The standard InChI is InChI=1S/C8H10F3N3O2/c1-15-7(2-3-16-4-7)5-12-6(14-13-5)8(9,10)11/h2-4H2,1H3,(H,12,13,14). The molecule has 1 N–H and O–H groups in total. The van der Waals surface area contributed by atoms with Crippen molar-refractivity contribution in [2.75, 3.05) is 20.3 Å². The molecule has 1 aromatic rings. The van der Waals surface area contributed by atoms with Crippen LogP contribution in [0.25, 0.3) is 0 Å². The minimum absolute atomic E-state index is 0.0554. The zero-order valence-electron chi connectivity index (χ0n) is 8.47. The molecule has 1 unspecified atom stereocenters. The van der Waals surface area contributed by atoms with E-state index >= 15 is 0 Å². The maximum Gasteiger partial charge on any atom is 0.453 e. The summed E-state index contributed by atoms with van der Waals surface area (Å²) in [5, 5.41) is 5.39. The summed E-state index contributed by atoms with van der Waals surface area (Å²) in [4.78, 5) is 3.41. The molecule has 1 saturated heterocycles. The van der Waals surface area contributed by atoms with Crippen molar-refractivity contribution in [2.45, 2.75) is 18.2 Å². The van der Waals surface area contributed by atoms with Crippen molar-refractivity contribution in [3.05, 3.63) is 11.6 Å². The largest absolute Gasteiger partial charge is 0.453 e. The molecule has 2 rings (SSSR count). The third kappa shape index (κ3) is 1.78. The third-order valence-corrected chi connectivity index (χ3v) is 2.55. The summed E-state index contributed by atoms with van der Waals surface area (Å²) in [6.45, 7) is 0.603. The molecule has 90 valence electrons. The molecule has 1 fully saturated rings. The maximum absolute atomic E-state index is 12.3. The van der Waals surface area contributed by atoms with Gasteiger partial charge in [-0.1, -0.05) is 0 Å². The van der Waals surface area contributed by atoms with E-state index in [2.05, 4.69) is 15.2 Å². The lowest BCUT2D eigenvalue weighted by atomic mass is 10.0. The SMILES string of the molecule is COC1(c2nc(C(F)(F)F)n[nH]2)CCOC1. The van der Waals surface area contributed by atoms with Crippen LogP contribution in [0.1, 0.15) is 18.1 Å². The molecule has 1 aromatic heterocycles. The lowest BCUT2D eigenvalue weighted by Gasteiger charge is -2.22. The second kappa shape index (κ2) is 3.70. The smallest absolute Gasteiger partial charge is 0.378 e. The lowest BCUT2D eigenvalue weighted by Crippen LogP contribution is -2.30. The molecule has 0 bridgehead atoms. The topological polar surface area (TPSA) is 60.0 Å². The molecule has 5 nitrogen and oxygen atoms in total. The Kier molecular flexibility index (Phi) is 2.62. The predicted octanol–water partition coefficient (Wildman–Crippen LogP) is 1.09. The highest BCUT2D eigenvalue weighted by Crippen LogP contribution is 2.33. The van der Waals surface area contributed by atoms with Gasteiger partial charge in [0.2, 0.25) is 0 Å². The summed E-state index contributed by atoms with van der Waals surface area (Å²) in [6.07, 6.45) is -4.10. The van der Waals surface area contributed by atoms with E-state index in [0.717, 1.165) is 0 Å². The Morgan fingerprint density at radius 1 is 1.50 bits per heavy atom. The van der Waals surface area contributed by atoms with E-state index in [0.29, 0.717) is 13.0 Å². The molecule has 1 aliphatic rings. The highest BCUT2D eigenvalue weighted by Gasteiger charge is 2.43. The molecule has 0 saturated carbocycles. The molecule has 8 heteroatoms. The fourth-order valence-corrected chi connectivity index (χ4v) is 1.58. The molecule has 2 heterocycles. The summed E-state index contributed by atoms with van der Waals surface area (Å²) in [5.74, 6) is -1.13. The molecule has 16 heavy (non-hydrogen) atoms. The first-order chi connectivity index (χ1) is 7.48. The molecule has 0 aliphatic carbocycles. The Morgan fingerprint density at radius 3 is 2.69 bits per heavy atom. The Bertz CT molecular complexity index is 371. The summed E-state index contributed by atoms with van der Waals surface area (Å²) < 4.78 is 47.2. The summed E-state index contributed by atoms with van der Waals surface area (Å²) in [5.41, 5.74) is -0.934. The van der Waals surface area contributed by atoms with Gasteiger partial charge in [0.25, 0.3) is 5.82 Å². The first-order valence-corrected chi connectivity index (χ1v) is 4.61. The normalized spacial score (nSPS) is 26.2. The predicted molar refractivity (Wildman–Crippen MR) is 45.5 cm³/mol. The molecular weight excluding hydrogens is 227 g/mol. The van der Waals surface area contributed by atoms with Crippen molar-refractivity contribution >= 4 is 0 Å². The lowest BCUT2D eigenvalue weighted by molar-refractivity contribution is -0.144. The van der Waals surface area contributed by atoms with Crippen LogP contribution in [0.3, 0.4) is 0 Å². The number of nitrogens with zero attached hydrogens (tertiary/aromatic N) is 2. The molecule has 1 aliphatic heterocycles. The third-order valence-electron chi connectivity index (χ3n) is 2.55. The van der Waals surface area contributed by atoms with E-state index in [1.54, 1.807) is 0 Å². The van der Waals surface area contributed by atoms with Gasteiger partial charge >= 0.3 is 6.18 Å². The van der Waals surface area contributed by atoms with Crippen LogP contribution in [0, 0.1) is 0 Å². The van der Waals surface area contributed by atoms with E-state index in [9.17, 15) is 13.2 Å². The second-order valence-electron chi connectivity index (χ2n) is 3.51. The highest BCUT2D eigenvalue weighted by atomic mass is 19.4. The van der Waals surface area contributed by atoms with Crippen molar-refractivity contribution in [3.63, 3.8) is 0 Å². The van der Waals surface area contributed by atoms with Crippen LogP contribution in [0.15, 0.2) is 0 Å². The number of halogens is 3. The quantitative estimate of drug-likeness (QED) is 0.836. The van der Waals surface area contributed by atoms with Crippen LogP contribution in [-0.2, 0) is 21.3 Å². The molecule has 1 atom stereocenters. The minimum atomic E-state index is -4.55. The first-order valence-electron chi connectivity index (χ1n) is 4.61. The van der Waals surface area contributed by atoms with E-state index in [4.69, 9.17) is 9.47 Å². The molecule has 0 aromatic carbocycles. The summed E-state index contributed by atoms with van der Waals surface area (Å²) in [7, 11) is 1.41. The number of alkyl halides is 3. The second-order valence-corrected chi connectivity index (χ2v) is 3.51. The maximum atomic E-state index is 12.3. The zero-order chi connectivity index (χ0) is 11.8. The average Bonchev–Trinajstić information content (AvgIpc) is 2.86. The summed E-state index contributed by atoms with van der Waals surface area (Å²) in [6, 6.07) is 0. The Hall–Kier alpha value is -1.15. The van der Waals surface area contributed by atoms with Gasteiger partial charge in [-0.15, -0.1) is 5.10 Å². The number of rotatable bonds is 2. The number of methoxy groups -OCH3 is 1. The fraction of sp³-hybridized carbons (Fsp3) is 0.750. The van der Waals surface area contributed by atoms with E-state index < -0.39 is 17.6 Å². The van der Waals surface area contributed by atoms with Crippen LogP contribution in [0.2, 0.25) is 0 Å². The van der Waals surface area contributed by atoms with Gasteiger partial charge in [-0.05, 0) is 0 Å². The molecule has 0 spiro atoms. The van der Waals surface area contributed by atoms with Crippen molar-refractivity contribution in [2.24, 2.45) is 0 Å². The van der Waals surface area contributed by atoms with Crippen LogP contribution >= 0.6 is 0 Å². The number of nitrogens with one attached hydrogen (secondary N) is 1. The Morgan fingerprint density at radius 2 is 2.25 bits per heavy atom. The highest BCUT2D eigenvalue weighted by molar-refractivity contribution is 5.06. The fourth-order valence-electron chi connectivity index (χ4n) is 1.58. The number of hydrogen-bond donors (Lipinski definition) is 1. The molecule has 0 amide bonds. The van der Waals surface area contributed by atoms with Gasteiger partial charge in [0.05, 0.1) is 13.2 Å². The van der Waals surface area contributed by atoms with Gasteiger partial charge in [-0.3, -0.25) is 5.10 Å². The van der Waals surface area contributed by atoms with E-state index in [1.165, 1.54) is 7.11 Å². The number of aromatic nitrogens is 3. The number of ether oxygens (including phenoxy) is 2. The van der Waals surface area contributed by atoms with Crippen LogP contribution < -0.4 is 0 Å². The van der Waals surface area contributed by atoms with Gasteiger partial charge < -0.3 is 9.47 Å².